The van der Waals surface area contributed by atoms with E-state index in [-0.39, 0.29) is 11.5 Å². The Labute approximate surface area is 71.3 Å². The molecule has 0 unspecified atom stereocenters. The lowest BCUT2D eigenvalue weighted by molar-refractivity contribution is 0.344. The van der Waals surface area contributed by atoms with Gasteiger partial charge in [-0.2, -0.15) is 21.0 Å². The molecular formula is H3NO8S3. The largest absolute Gasteiger partial charge is 0.413 e. The first-order chi connectivity index (χ1) is 5.12. The summed E-state index contributed by atoms with van der Waals surface area (Å²) in [5.41, 5.74) is 0. The molecule has 0 aromatic heterocycles. The van der Waals surface area contributed by atoms with Crippen molar-refractivity contribution in [3.63, 3.8) is 0 Å². The van der Waals surface area contributed by atoms with Gasteiger partial charge in [-0.3, -0.25) is 9.11 Å². The summed E-state index contributed by atoms with van der Waals surface area (Å²) in [4.78, 5) is 0. The van der Waals surface area contributed by atoms with Gasteiger partial charge in [-0.1, -0.05) is 0 Å². The van der Waals surface area contributed by atoms with Gasteiger partial charge in [0.15, 0.2) is 11.5 Å². The smallest absolute Gasteiger partial charge is 0.263 e. The maximum absolute atomic E-state index is 9.44. The molecule has 0 aliphatic rings. The van der Waals surface area contributed by atoms with Crippen LogP contribution in [0.15, 0.2) is 0 Å². The molecule has 74 valence electrons. The molecule has 0 heterocycles. The summed E-state index contributed by atoms with van der Waals surface area (Å²) in [7, 11) is -10.2. The Morgan fingerprint density at radius 2 is 1.25 bits per heavy atom. The molecule has 12 heteroatoms. The average Bonchev–Trinajstić information content (AvgIpc) is 1.53. The third kappa shape index (κ3) is 22.6. The molecule has 12 heavy (non-hydrogen) atoms. The Balaban J connectivity index is 0. The molecule has 0 aliphatic carbocycles. The second-order valence-corrected chi connectivity index (χ2v) is 3.43. The van der Waals surface area contributed by atoms with Crippen LogP contribution in [0.25, 0.3) is 0 Å². The van der Waals surface area contributed by atoms with Crippen molar-refractivity contribution in [2.75, 3.05) is 0 Å². The highest BCUT2D eigenvalue weighted by atomic mass is 32.3. The summed E-state index contributed by atoms with van der Waals surface area (Å²) >= 11 is -0.250. The van der Waals surface area contributed by atoms with E-state index in [1.54, 1.807) is 0 Å². The van der Waals surface area contributed by atoms with E-state index in [0.717, 1.165) is 0 Å². The highest BCUT2D eigenvalue weighted by Crippen LogP contribution is 1.91. The Hall–Kier alpha value is -0.400. The van der Waals surface area contributed by atoms with E-state index >= 15 is 0 Å². The van der Waals surface area contributed by atoms with Crippen LogP contribution in [-0.4, -0.2) is 30.1 Å². The Morgan fingerprint density at radius 1 is 1.08 bits per heavy atom. The maximum atomic E-state index is 9.44. The number of rotatable bonds is 2. The van der Waals surface area contributed by atoms with Crippen LogP contribution in [0.2, 0.25) is 0 Å². The monoisotopic (exact) mass is 241 g/mol. The average molecular weight is 241 g/mol. The lowest BCUT2D eigenvalue weighted by Crippen LogP contribution is -2.10. The first-order valence-electron chi connectivity index (χ1n) is 1.74. The highest BCUT2D eigenvalue weighted by Gasteiger charge is 2.15. The molecule has 0 aromatic carbocycles. The molecule has 0 saturated carbocycles. The maximum Gasteiger partial charge on any atom is 0.413 e. The molecule has 0 radical (unpaired) electrons. The molecule has 0 rings (SSSR count). The van der Waals surface area contributed by atoms with E-state index in [1.165, 1.54) is 0 Å². The van der Waals surface area contributed by atoms with Gasteiger partial charge in [-0.25, -0.2) is 4.78 Å². The molecule has 0 aromatic rings. The van der Waals surface area contributed by atoms with Crippen molar-refractivity contribution in [3.05, 3.63) is 0 Å². The van der Waals surface area contributed by atoms with Gasteiger partial charge in [-0.15, -0.1) is 3.63 Å². The summed E-state index contributed by atoms with van der Waals surface area (Å²) in [6.45, 7) is 0. The molecule has 0 amide bonds. The van der Waals surface area contributed by atoms with Crippen LogP contribution in [0.1, 0.15) is 0 Å². The van der Waals surface area contributed by atoms with Crippen molar-refractivity contribution in [2.45, 2.75) is 0 Å². The minimum Gasteiger partial charge on any atom is -0.263 e. The molecule has 0 aliphatic heterocycles. The summed E-state index contributed by atoms with van der Waals surface area (Å²) in [5.74, 6) is 0. The van der Waals surface area contributed by atoms with Crippen LogP contribution in [0.3, 0.4) is 0 Å². The van der Waals surface area contributed by atoms with Crippen molar-refractivity contribution in [3.8, 4) is 0 Å². The first kappa shape index (κ1) is 14.1. The first-order valence-corrected chi connectivity index (χ1v) is 5.21. The van der Waals surface area contributed by atoms with Gasteiger partial charge in [0.25, 0.3) is 0 Å². The fourth-order valence-electron chi connectivity index (χ4n) is 0.109. The normalized spacial score (nSPS) is 11.2. The zero-order chi connectivity index (χ0) is 10.4. The van der Waals surface area contributed by atoms with Gasteiger partial charge in [-0.05, 0) is 0 Å². The fourth-order valence-corrected chi connectivity index (χ4v) is 0.978. The van der Waals surface area contributed by atoms with Gasteiger partial charge in [0.05, 0.1) is 0 Å². The predicted molar refractivity (Wildman–Crippen MR) is 35.0 cm³/mol. The number of hydrogen-bond donors (Lipinski definition) is 3. The van der Waals surface area contributed by atoms with Crippen molar-refractivity contribution in [2.24, 2.45) is 0 Å². The lowest BCUT2D eigenvalue weighted by atomic mass is 14.0. The molecule has 0 fully saturated rings. The van der Waals surface area contributed by atoms with E-state index in [2.05, 4.69) is 3.63 Å². The Morgan fingerprint density at radius 3 is 1.25 bits per heavy atom. The molecule has 0 bridgehead atoms. The molecule has 3 N–H and O–H groups in total. The van der Waals surface area contributed by atoms with Gasteiger partial charge >= 0.3 is 20.8 Å². The second-order valence-electron chi connectivity index (χ2n) is 1.01. The van der Waals surface area contributed by atoms with E-state index in [1.807, 2.05) is 0 Å². The highest BCUT2D eigenvalue weighted by molar-refractivity contribution is 7.94. The van der Waals surface area contributed by atoms with Crippen molar-refractivity contribution >= 4 is 32.3 Å². The third-order valence-corrected chi connectivity index (χ3v) is 1.55. The van der Waals surface area contributed by atoms with Crippen molar-refractivity contribution in [1.29, 1.82) is 4.78 Å². The van der Waals surface area contributed by atoms with Gasteiger partial charge < -0.3 is 0 Å². The molecule has 0 spiro atoms. The predicted octanol–water partition coefficient (Wildman–Crippen LogP) is -1.43. The van der Waals surface area contributed by atoms with Crippen LogP contribution in [0.5, 0.6) is 0 Å². The Bertz CT molecular complexity index is 308. The second kappa shape index (κ2) is 5.28. The standard InChI is InChI=1S/HNOS.H2O7S2/c1-3-2;1-8(2,3)7-9(4,5)6/h1H;(H,1,2,3)(H,4,5,6). The molecular weight excluding hydrogens is 238 g/mol. The summed E-state index contributed by atoms with van der Waals surface area (Å²) in [5, 5.41) is 0. The number of nitrogens with one attached hydrogen (secondary N) is 1. The number of hydrogen-bond acceptors (Lipinski definition) is 7. The summed E-state index contributed by atoms with van der Waals surface area (Å²) in [6.07, 6.45) is 0. The minimum absolute atomic E-state index is 0.250. The summed E-state index contributed by atoms with van der Waals surface area (Å²) in [6, 6.07) is 0. The van der Waals surface area contributed by atoms with E-state index < -0.39 is 20.8 Å². The van der Waals surface area contributed by atoms with Crippen molar-refractivity contribution < 1.29 is 33.8 Å². The van der Waals surface area contributed by atoms with E-state index in [0.29, 0.717) is 0 Å². The van der Waals surface area contributed by atoms with E-state index in [4.69, 9.17) is 18.1 Å². The minimum atomic E-state index is -5.12. The van der Waals surface area contributed by atoms with Crippen LogP contribution >= 0.6 is 0 Å². The molecule has 9 nitrogen and oxygen atoms in total. The zero-order valence-corrected chi connectivity index (χ0v) is 7.52. The topological polar surface area (TPSA) is 159 Å². The van der Waals surface area contributed by atoms with E-state index in [9.17, 15) is 16.8 Å². The van der Waals surface area contributed by atoms with Gasteiger partial charge in [0.1, 0.15) is 0 Å². The SMILES string of the molecule is N=S=O.O=S(=O)(O)OS(=O)(=O)O. The fraction of sp³-hybridized carbons (Fsp3) is 0. The quantitative estimate of drug-likeness (QED) is 0.496. The zero-order valence-electron chi connectivity index (χ0n) is 5.07. The third-order valence-electron chi connectivity index (χ3n) is 0.172. The summed E-state index contributed by atoms with van der Waals surface area (Å²) < 4.78 is 69.7. The molecule has 0 saturated heterocycles. The van der Waals surface area contributed by atoms with Crippen LogP contribution in [-0.2, 0) is 35.9 Å². The van der Waals surface area contributed by atoms with Crippen molar-refractivity contribution in [1.82, 2.24) is 0 Å². The van der Waals surface area contributed by atoms with Crippen LogP contribution < -0.4 is 0 Å². The van der Waals surface area contributed by atoms with Crippen LogP contribution in [0, 0.1) is 4.78 Å². The van der Waals surface area contributed by atoms with Crippen LogP contribution in [0.4, 0.5) is 0 Å². The van der Waals surface area contributed by atoms with Gasteiger partial charge in [0.2, 0.25) is 0 Å². The van der Waals surface area contributed by atoms with Gasteiger partial charge in [0, 0.05) is 0 Å². The Kier molecular flexibility index (Phi) is 6.22. The lowest BCUT2D eigenvalue weighted by Gasteiger charge is -1.89. The molecule has 0 atom stereocenters.